The predicted octanol–water partition coefficient (Wildman–Crippen LogP) is 3.31. The van der Waals surface area contributed by atoms with Gasteiger partial charge < -0.3 is 10.4 Å². The Balaban J connectivity index is 2.19. The van der Waals surface area contributed by atoms with Crippen LogP contribution < -0.4 is 5.32 Å². The summed E-state index contributed by atoms with van der Waals surface area (Å²) in [6, 6.07) is 13.8. The van der Waals surface area contributed by atoms with E-state index in [1.54, 1.807) is 13.1 Å². The molecule has 2 rings (SSSR count). The molecule has 2 N–H and O–H groups in total. The number of benzene rings is 1. The van der Waals surface area contributed by atoms with Crippen molar-refractivity contribution in [1.82, 2.24) is 4.98 Å². The van der Waals surface area contributed by atoms with Gasteiger partial charge in [-0.05, 0) is 32.0 Å². The Morgan fingerprint density at radius 2 is 1.78 bits per heavy atom. The molecule has 0 aliphatic heterocycles. The monoisotopic (exact) mass is 242 g/mol. The second-order valence-corrected chi connectivity index (χ2v) is 4.38. The highest BCUT2D eigenvalue weighted by atomic mass is 16.3. The first-order chi connectivity index (χ1) is 8.68. The van der Waals surface area contributed by atoms with Gasteiger partial charge in [0, 0.05) is 17.4 Å². The second-order valence-electron chi connectivity index (χ2n) is 4.38. The number of nitrogens with zero attached hydrogens (tertiary/aromatic N) is 1. The van der Waals surface area contributed by atoms with Gasteiger partial charge in [0.15, 0.2) is 0 Å². The van der Waals surface area contributed by atoms with Crippen molar-refractivity contribution in [2.75, 3.05) is 5.32 Å². The first kappa shape index (κ1) is 12.6. The quantitative estimate of drug-likeness (QED) is 0.864. The van der Waals surface area contributed by atoms with E-state index in [1.165, 1.54) is 0 Å². The molecule has 3 heteroatoms. The zero-order chi connectivity index (χ0) is 13.0. The SMILES string of the molecule is CC(O)c1ccccc1NC(C)c1ccccn1. The number of hydrogen-bond acceptors (Lipinski definition) is 3. The molecular formula is C15H18N2O. The molecule has 2 atom stereocenters. The minimum absolute atomic E-state index is 0.103. The highest BCUT2D eigenvalue weighted by Gasteiger charge is 2.11. The summed E-state index contributed by atoms with van der Waals surface area (Å²) in [6.07, 6.45) is 1.30. The van der Waals surface area contributed by atoms with Crippen LogP contribution in [0.4, 0.5) is 5.69 Å². The lowest BCUT2D eigenvalue weighted by atomic mass is 10.1. The van der Waals surface area contributed by atoms with E-state index in [0.717, 1.165) is 16.9 Å². The van der Waals surface area contributed by atoms with Crippen LogP contribution in [0.5, 0.6) is 0 Å². The Kier molecular flexibility index (Phi) is 3.95. The Bertz CT molecular complexity index is 497. The van der Waals surface area contributed by atoms with Crippen LogP contribution >= 0.6 is 0 Å². The molecule has 94 valence electrons. The molecule has 0 spiro atoms. The van der Waals surface area contributed by atoms with Gasteiger partial charge in [-0.2, -0.15) is 0 Å². The summed E-state index contributed by atoms with van der Waals surface area (Å²) in [5.41, 5.74) is 2.84. The van der Waals surface area contributed by atoms with E-state index < -0.39 is 6.10 Å². The molecule has 0 aliphatic rings. The summed E-state index contributed by atoms with van der Waals surface area (Å²) in [7, 11) is 0. The van der Waals surface area contributed by atoms with Crippen LogP contribution in [0.1, 0.15) is 37.3 Å². The van der Waals surface area contributed by atoms with E-state index in [1.807, 2.05) is 42.5 Å². The van der Waals surface area contributed by atoms with Gasteiger partial charge in [0.1, 0.15) is 0 Å². The highest BCUT2D eigenvalue weighted by Crippen LogP contribution is 2.25. The van der Waals surface area contributed by atoms with Gasteiger partial charge in [0.25, 0.3) is 0 Å². The largest absolute Gasteiger partial charge is 0.389 e. The smallest absolute Gasteiger partial charge is 0.0781 e. The zero-order valence-corrected chi connectivity index (χ0v) is 10.7. The van der Waals surface area contributed by atoms with Crippen LogP contribution in [0, 0.1) is 0 Å². The molecular weight excluding hydrogens is 224 g/mol. The van der Waals surface area contributed by atoms with Crippen molar-refractivity contribution < 1.29 is 5.11 Å². The minimum Gasteiger partial charge on any atom is -0.389 e. The topological polar surface area (TPSA) is 45.1 Å². The summed E-state index contributed by atoms with van der Waals surface area (Å²) in [5.74, 6) is 0. The molecule has 18 heavy (non-hydrogen) atoms. The fourth-order valence-corrected chi connectivity index (χ4v) is 1.93. The predicted molar refractivity (Wildman–Crippen MR) is 73.4 cm³/mol. The second kappa shape index (κ2) is 5.65. The summed E-state index contributed by atoms with van der Waals surface area (Å²) < 4.78 is 0. The maximum Gasteiger partial charge on any atom is 0.0781 e. The van der Waals surface area contributed by atoms with E-state index >= 15 is 0 Å². The van der Waals surface area contributed by atoms with Gasteiger partial charge in [-0.25, -0.2) is 0 Å². The number of hydrogen-bond donors (Lipinski definition) is 2. The Morgan fingerprint density at radius 3 is 2.44 bits per heavy atom. The fourth-order valence-electron chi connectivity index (χ4n) is 1.93. The van der Waals surface area contributed by atoms with Crippen LogP contribution in [0.15, 0.2) is 48.7 Å². The molecule has 0 amide bonds. The molecule has 0 saturated heterocycles. The van der Waals surface area contributed by atoms with Gasteiger partial charge in [-0.1, -0.05) is 24.3 Å². The lowest BCUT2D eigenvalue weighted by Crippen LogP contribution is -2.10. The molecule has 3 nitrogen and oxygen atoms in total. The summed E-state index contributed by atoms with van der Waals surface area (Å²) in [6.45, 7) is 3.83. The molecule has 1 aromatic heterocycles. The van der Waals surface area contributed by atoms with E-state index in [4.69, 9.17) is 0 Å². The van der Waals surface area contributed by atoms with E-state index in [0.29, 0.717) is 0 Å². The Morgan fingerprint density at radius 1 is 1.06 bits per heavy atom. The van der Waals surface area contributed by atoms with Gasteiger partial charge in [-0.3, -0.25) is 4.98 Å². The average molecular weight is 242 g/mol. The number of aromatic nitrogens is 1. The van der Waals surface area contributed by atoms with E-state index in [9.17, 15) is 5.11 Å². The van der Waals surface area contributed by atoms with Gasteiger partial charge in [0.2, 0.25) is 0 Å². The lowest BCUT2D eigenvalue weighted by molar-refractivity contribution is 0.200. The number of rotatable bonds is 4. The average Bonchev–Trinajstić information content (AvgIpc) is 2.40. The first-order valence-corrected chi connectivity index (χ1v) is 6.13. The Hall–Kier alpha value is -1.87. The fraction of sp³-hybridized carbons (Fsp3) is 0.267. The lowest BCUT2D eigenvalue weighted by Gasteiger charge is -2.18. The molecule has 0 aliphatic carbocycles. The first-order valence-electron chi connectivity index (χ1n) is 6.13. The third kappa shape index (κ3) is 2.87. The van der Waals surface area contributed by atoms with Gasteiger partial charge in [0.05, 0.1) is 17.8 Å². The molecule has 0 fully saturated rings. The van der Waals surface area contributed by atoms with Crippen molar-refractivity contribution in [1.29, 1.82) is 0 Å². The summed E-state index contributed by atoms with van der Waals surface area (Å²) in [4.78, 5) is 4.32. The van der Waals surface area contributed by atoms with Crippen molar-refractivity contribution in [3.05, 3.63) is 59.9 Å². The van der Waals surface area contributed by atoms with Crippen LogP contribution in [0.2, 0.25) is 0 Å². The maximum absolute atomic E-state index is 9.73. The van der Waals surface area contributed by atoms with Crippen molar-refractivity contribution in [3.63, 3.8) is 0 Å². The molecule has 1 aromatic carbocycles. The van der Waals surface area contributed by atoms with Gasteiger partial charge in [-0.15, -0.1) is 0 Å². The molecule has 2 unspecified atom stereocenters. The number of nitrogens with one attached hydrogen (secondary N) is 1. The number of anilines is 1. The number of para-hydroxylation sites is 1. The number of pyridine rings is 1. The summed E-state index contributed by atoms with van der Waals surface area (Å²) in [5, 5.41) is 13.1. The van der Waals surface area contributed by atoms with E-state index in [-0.39, 0.29) is 6.04 Å². The molecule has 0 saturated carbocycles. The normalized spacial score (nSPS) is 13.9. The van der Waals surface area contributed by atoms with Crippen molar-refractivity contribution in [3.8, 4) is 0 Å². The van der Waals surface area contributed by atoms with Crippen LogP contribution in [-0.4, -0.2) is 10.1 Å². The van der Waals surface area contributed by atoms with E-state index in [2.05, 4.69) is 17.2 Å². The maximum atomic E-state index is 9.73. The third-order valence-electron chi connectivity index (χ3n) is 2.91. The molecule has 1 heterocycles. The summed E-state index contributed by atoms with van der Waals surface area (Å²) >= 11 is 0. The van der Waals surface area contributed by atoms with Crippen LogP contribution in [0.25, 0.3) is 0 Å². The standard InChI is InChI=1S/C15H18N2O/c1-11(14-8-5-6-10-16-14)17-15-9-4-3-7-13(15)12(2)18/h3-12,17-18H,1-2H3. The number of aliphatic hydroxyl groups is 1. The van der Waals surface area contributed by atoms with Crippen LogP contribution in [-0.2, 0) is 0 Å². The molecule has 0 bridgehead atoms. The van der Waals surface area contributed by atoms with Gasteiger partial charge >= 0.3 is 0 Å². The Labute approximate surface area is 108 Å². The number of aliphatic hydroxyl groups excluding tert-OH is 1. The van der Waals surface area contributed by atoms with Crippen molar-refractivity contribution >= 4 is 5.69 Å². The minimum atomic E-state index is -0.482. The highest BCUT2D eigenvalue weighted by molar-refractivity contribution is 5.53. The molecule has 0 radical (unpaired) electrons. The molecule has 2 aromatic rings. The third-order valence-corrected chi connectivity index (χ3v) is 2.91. The van der Waals surface area contributed by atoms with Crippen molar-refractivity contribution in [2.24, 2.45) is 0 Å². The van der Waals surface area contributed by atoms with Crippen LogP contribution in [0.3, 0.4) is 0 Å². The van der Waals surface area contributed by atoms with Crippen molar-refractivity contribution in [2.45, 2.75) is 26.0 Å². The zero-order valence-electron chi connectivity index (χ0n) is 10.7.